The van der Waals surface area contributed by atoms with Crippen LogP contribution in [0.2, 0.25) is 0 Å². The molecular formula is C13H12N4O2. The Hall–Kier alpha value is -2.10. The predicted octanol–water partition coefficient (Wildman–Crippen LogP) is 1.45. The minimum absolute atomic E-state index is 0.111. The molecule has 3 atom stereocenters. The molecular weight excluding hydrogens is 244 g/mol. The van der Waals surface area contributed by atoms with Crippen LogP contribution in [0.3, 0.4) is 0 Å². The van der Waals surface area contributed by atoms with Crippen LogP contribution < -0.4 is 0 Å². The molecule has 1 N–H and O–H groups in total. The monoisotopic (exact) mass is 256 g/mol. The number of fused-ring (bicyclic) bond motifs is 2. The Labute approximate surface area is 110 Å². The van der Waals surface area contributed by atoms with Crippen molar-refractivity contribution in [1.29, 1.82) is 21.2 Å². The van der Waals surface area contributed by atoms with Gasteiger partial charge in [0.15, 0.2) is 10.8 Å². The predicted molar refractivity (Wildman–Crippen MR) is 61.2 cm³/mol. The van der Waals surface area contributed by atoms with Crippen LogP contribution >= 0.6 is 0 Å². The van der Waals surface area contributed by atoms with E-state index in [1.54, 1.807) is 0 Å². The lowest BCUT2D eigenvalue weighted by atomic mass is 9.51. The first-order valence-corrected chi connectivity index (χ1v) is 6.26. The zero-order valence-corrected chi connectivity index (χ0v) is 10.3. The third-order valence-electron chi connectivity index (χ3n) is 4.73. The summed E-state index contributed by atoms with van der Waals surface area (Å²) in [6.45, 7) is -0.111. The maximum atomic E-state index is 9.58. The lowest BCUT2D eigenvalue weighted by Gasteiger charge is -2.60. The highest BCUT2D eigenvalue weighted by Gasteiger charge is 2.76. The molecule has 1 spiro atoms. The van der Waals surface area contributed by atoms with Gasteiger partial charge in [-0.3, -0.25) is 5.41 Å². The van der Waals surface area contributed by atoms with E-state index in [0.717, 1.165) is 12.8 Å². The number of nitrogens with one attached hydrogen (secondary N) is 1. The second kappa shape index (κ2) is 3.47. The maximum absolute atomic E-state index is 9.58. The maximum Gasteiger partial charge on any atom is 0.217 e. The Morgan fingerprint density at radius 3 is 2.47 bits per heavy atom. The minimum atomic E-state index is -1.60. The van der Waals surface area contributed by atoms with Gasteiger partial charge in [0, 0.05) is 6.42 Å². The van der Waals surface area contributed by atoms with Crippen molar-refractivity contribution in [3.05, 3.63) is 0 Å². The highest BCUT2D eigenvalue weighted by atomic mass is 16.7. The summed E-state index contributed by atoms with van der Waals surface area (Å²) in [4.78, 5) is 0. The second-order valence-electron chi connectivity index (χ2n) is 5.38. The molecule has 4 aliphatic rings. The van der Waals surface area contributed by atoms with Gasteiger partial charge in [-0.1, -0.05) is 6.42 Å². The Kier molecular flexibility index (Phi) is 2.18. The van der Waals surface area contributed by atoms with E-state index >= 15 is 0 Å². The van der Waals surface area contributed by atoms with Crippen molar-refractivity contribution in [3.8, 4) is 18.2 Å². The fourth-order valence-corrected chi connectivity index (χ4v) is 3.67. The van der Waals surface area contributed by atoms with Crippen molar-refractivity contribution in [3.63, 3.8) is 0 Å². The third-order valence-corrected chi connectivity index (χ3v) is 4.73. The molecule has 1 saturated carbocycles. The van der Waals surface area contributed by atoms with Gasteiger partial charge in [-0.25, -0.2) is 0 Å². The van der Waals surface area contributed by atoms with Crippen LogP contribution in [0, 0.1) is 56.2 Å². The van der Waals surface area contributed by atoms with Gasteiger partial charge in [0.05, 0.1) is 30.7 Å². The molecule has 96 valence electrons. The standard InChI is InChI=1S/C13H12N4O2/c14-5-11(6-15)9-3-1-2-4-13(9)18-8-12(11,7-16)10(17)19-13/h9,17H,1-4,8H2. The zero-order chi connectivity index (χ0) is 13.7. The summed E-state index contributed by atoms with van der Waals surface area (Å²) < 4.78 is 11.3. The summed E-state index contributed by atoms with van der Waals surface area (Å²) >= 11 is 0. The topological polar surface area (TPSA) is 114 Å². The molecule has 0 aromatic carbocycles. The van der Waals surface area contributed by atoms with Crippen molar-refractivity contribution >= 4 is 5.90 Å². The fourth-order valence-electron chi connectivity index (χ4n) is 3.67. The summed E-state index contributed by atoms with van der Waals surface area (Å²) in [6, 6.07) is 6.02. The quantitative estimate of drug-likeness (QED) is 0.704. The Bertz CT molecular complexity index is 567. The highest BCUT2D eigenvalue weighted by molar-refractivity contribution is 5.87. The number of ether oxygens (including phenoxy) is 2. The SMILES string of the molecule is N#CC12COC3(CCCCC3C1(C#N)C#N)OC2=N. The van der Waals surface area contributed by atoms with Crippen molar-refractivity contribution < 1.29 is 9.47 Å². The Morgan fingerprint density at radius 2 is 1.89 bits per heavy atom. The van der Waals surface area contributed by atoms with Crippen LogP contribution in [-0.2, 0) is 9.47 Å². The largest absolute Gasteiger partial charge is 0.447 e. The number of hydrogen-bond donors (Lipinski definition) is 1. The summed E-state index contributed by atoms with van der Waals surface area (Å²) in [5.74, 6) is -1.81. The molecule has 3 unspecified atom stereocenters. The Morgan fingerprint density at radius 1 is 1.16 bits per heavy atom. The van der Waals surface area contributed by atoms with Gasteiger partial charge in [-0.15, -0.1) is 0 Å². The van der Waals surface area contributed by atoms with Gasteiger partial charge < -0.3 is 9.47 Å². The van der Waals surface area contributed by atoms with Crippen LogP contribution in [0.1, 0.15) is 25.7 Å². The van der Waals surface area contributed by atoms with Crippen molar-refractivity contribution in [2.24, 2.45) is 16.7 Å². The molecule has 19 heavy (non-hydrogen) atoms. The van der Waals surface area contributed by atoms with Gasteiger partial charge >= 0.3 is 0 Å². The first-order valence-electron chi connectivity index (χ1n) is 6.26. The van der Waals surface area contributed by atoms with E-state index in [-0.39, 0.29) is 12.5 Å². The van der Waals surface area contributed by atoms with Crippen molar-refractivity contribution in [2.75, 3.05) is 6.61 Å². The molecule has 0 aromatic heterocycles. The van der Waals surface area contributed by atoms with Gasteiger partial charge in [-0.05, 0) is 12.8 Å². The zero-order valence-electron chi connectivity index (χ0n) is 10.3. The average Bonchev–Trinajstić information content (AvgIpc) is 2.45. The second-order valence-corrected chi connectivity index (χ2v) is 5.38. The molecule has 0 amide bonds. The van der Waals surface area contributed by atoms with Crippen LogP contribution in [0.5, 0.6) is 0 Å². The highest BCUT2D eigenvalue weighted by Crippen LogP contribution is 2.63. The van der Waals surface area contributed by atoms with Crippen LogP contribution in [0.4, 0.5) is 0 Å². The lowest BCUT2D eigenvalue weighted by molar-refractivity contribution is -0.329. The van der Waals surface area contributed by atoms with Gasteiger partial charge in [0.25, 0.3) is 0 Å². The van der Waals surface area contributed by atoms with E-state index in [0.29, 0.717) is 12.8 Å². The van der Waals surface area contributed by atoms with E-state index < -0.39 is 22.5 Å². The molecule has 6 nitrogen and oxygen atoms in total. The molecule has 1 aliphatic carbocycles. The number of nitriles is 3. The molecule has 3 aliphatic heterocycles. The van der Waals surface area contributed by atoms with Crippen LogP contribution in [-0.4, -0.2) is 18.3 Å². The molecule has 3 saturated heterocycles. The first-order chi connectivity index (χ1) is 9.11. The van der Waals surface area contributed by atoms with Crippen molar-refractivity contribution in [2.45, 2.75) is 31.5 Å². The molecule has 4 fully saturated rings. The fraction of sp³-hybridized carbons (Fsp3) is 0.692. The van der Waals surface area contributed by atoms with Crippen LogP contribution in [0.25, 0.3) is 0 Å². The molecule has 3 heterocycles. The Balaban J connectivity index is 2.26. The summed E-state index contributed by atoms with van der Waals surface area (Å²) in [5, 5.41) is 36.6. The summed E-state index contributed by atoms with van der Waals surface area (Å²) in [5.41, 5.74) is -3.14. The van der Waals surface area contributed by atoms with Crippen molar-refractivity contribution in [1.82, 2.24) is 0 Å². The molecule has 6 heteroatoms. The van der Waals surface area contributed by atoms with E-state index in [4.69, 9.17) is 14.9 Å². The van der Waals surface area contributed by atoms with Crippen LogP contribution in [0.15, 0.2) is 0 Å². The van der Waals surface area contributed by atoms with Gasteiger partial charge in [0.2, 0.25) is 11.7 Å². The lowest BCUT2D eigenvalue weighted by Crippen LogP contribution is -2.72. The average molecular weight is 256 g/mol. The minimum Gasteiger partial charge on any atom is -0.447 e. The summed E-state index contributed by atoms with van der Waals surface area (Å²) in [7, 11) is 0. The molecule has 4 rings (SSSR count). The molecule has 0 aromatic rings. The first kappa shape index (κ1) is 12.0. The number of rotatable bonds is 0. The number of hydrogen-bond acceptors (Lipinski definition) is 6. The third kappa shape index (κ3) is 1.06. The smallest absolute Gasteiger partial charge is 0.217 e. The van der Waals surface area contributed by atoms with Gasteiger partial charge in [-0.2, -0.15) is 15.8 Å². The normalized spacial score (nSPS) is 42.2. The summed E-state index contributed by atoms with van der Waals surface area (Å²) in [6.07, 6.45) is 2.92. The molecule has 0 radical (unpaired) electrons. The van der Waals surface area contributed by atoms with E-state index in [1.807, 2.05) is 18.2 Å². The van der Waals surface area contributed by atoms with E-state index in [1.165, 1.54) is 0 Å². The van der Waals surface area contributed by atoms with Gasteiger partial charge in [0.1, 0.15) is 0 Å². The number of nitrogens with zero attached hydrogens (tertiary/aromatic N) is 3. The molecule has 2 bridgehead atoms. The van der Waals surface area contributed by atoms with E-state index in [9.17, 15) is 15.8 Å². The van der Waals surface area contributed by atoms with E-state index in [2.05, 4.69) is 0 Å².